The van der Waals surface area contributed by atoms with Gasteiger partial charge in [0.05, 0.1) is 5.66 Å². The summed E-state index contributed by atoms with van der Waals surface area (Å²) in [7, 11) is 3.46. The zero-order valence-corrected chi connectivity index (χ0v) is 20.8. The Labute approximate surface area is 206 Å². The smallest absolute Gasteiger partial charge is 0.313 e. The van der Waals surface area contributed by atoms with Gasteiger partial charge in [-0.25, -0.2) is 4.39 Å². The summed E-state index contributed by atoms with van der Waals surface area (Å²) in [4.78, 5) is 27.8. The number of amides is 1. The highest BCUT2D eigenvalue weighted by Crippen LogP contribution is 2.31. The Balaban J connectivity index is 1.50. The van der Waals surface area contributed by atoms with Crippen molar-refractivity contribution >= 4 is 28.6 Å². The van der Waals surface area contributed by atoms with Gasteiger partial charge in [0.25, 0.3) is 0 Å². The molecule has 35 heavy (non-hydrogen) atoms. The lowest BCUT2D eigenvalue weighted by Gasteiger charge is -2.45. The molecule has 6 N–H and O–H groups in total. The fourth-order valence-corrected chi connectivity index (χ4v) is 5.50. The van der Waals surface area contributed by atoms with E-state index in [1.807, 2.05) is 6.92 Å². The maximum atomic E-state index is 13.4. The van der Waals surface area contributed by atoms with Crippen molar-refractivity contribution in [2.45, 2.75) is 50.7 Å². The summed E-state index contributed by atoms with van der Waals surface area (Å²) in [6.07, 6.45) is 4.84. The lowest BCUT2D eigenvalue weighted by molar-refractivity contribution is -0.531. The first-order valence-electron chi connectivity index (χ1n) is 11.5. The Morgan fingerprint density at radius 2 is 2.09 bits per heavy atom. The Bertz CT molecular complexity index is 1220. The number of aromatic nitrogens is 2. The number of allylic oxidation sites excluding steroid dienone is 1. The minimum atomic E-state index is -0.672. The highest BCUT2D eigenvalue weighted by molar-refractivity contribution is 7.12. The highest BCUT2D eigenvalue weighted by atomic mass is 32.1. The zero-order chi connectivity index (χ0) is 25.3. The molecule has 11 heteroatoms. The lowest BCUT2D eigenvalue weighted by atomic mass is 9.85. The van der Waals surface area contributed by atoms with Gasteiger partial charge in [0.15, 0.2) is 5.01 Å². The first-order valence-corrected chi connectivity index (χ1v) is 12.3. The predicted octanol–water partition coefficient (Wildman–Crippen LogP) is 1.11. The number of aliphatic hydroxyl groups is 1. The van der Waals surface area contributed by atoms with E-state index in [1.54, 1.807) is 25.1 Å². The third-order valence-electron chi connectivity index (χ3n) is 6.97. The van der Waals surface area contributed by atoms with Gasteiger partial charge in [-0.1, -0.05) is 17.4 Å². The molecule has 2 heterocycles. The van der Waals surface area contributed by atoms with E-state index in [9.17, 15) is 19.1 Å². The minimum Gasteiger partial charge on any atom is -0.500 e. The van der Waals surface area contributed by atoms with Gasteiger partial charge in [-0.15, -0.1) is 10.2 Å². The number of halogens is 1. The number of aliphatic hydroxyl groups excluding tert-OH is 1. The number of nitrogens with two attached hydrogens (primary N) is 2. The largest absolute Gasteiger partial charge is 0.500 e. The van der Waals surface area contributed by atoms with Crippen molar-refractivity contribution in [2.24, 2.45) is 5.73 Å². The molecular formula is C24H30FN6O3S+. The molecule has 1 saturated carbocycles. The van der Waals surface area contributed by atoms with E-state index in [2.05, 4.69) is 15.5 Å². The molecule has 1 aliphatic carbocycles. The van der Waals surface area contributed by atoms with Gasteiger partial charge in [-0.3, -0.25) is 20.2 Å². The van der Waals surface area contributed by atoms with Crippen molar-refractivity contribution in [3.63, 3.8) is 0 Å². The van der Waals surface area contributed by atoms with Gasteiger partial charge >= 0.3 is 5.91 Å². The van der Waals surface area contributed by atoms with Crippen LogP contribution in [0.2, 0.25) is 0 Å². The first-order chi connectivity index (χ1) is 16.6. The third kappa shape index (κ3) is 4.90. The zero-order valence-electron chi connectivity index (χ0n) is 20.0. The van der Waals surface area contributed by atoms with Crippen LogP contribution in [0, 0.1) is 12.7 Å². The maximum Gasteiger partial charge on any atom is 0.313 e. The number of nitrogens with zero attached hydrogens (tertiary/aromatic N) is 3. The lowest BCUT2D eigenvalue weighted by Crippen LogP contribution is -2.81. The van der Waals surface area contributed by atoms with E-state index >= 15 is 0 Å². The SMILES string of the molecule is CNC1(N(C)C(=O)C2=C(O)C(=O)C(c3nnc(Cc4ccc(F)cc4C)s3)=C[NH2+]2)CCC(N)CC1. The summed E-state index contributed by atoms with van der Waals surface area (Å²) in [6, 6.07) is 4.65. The summed E-state index contributed by atoms with van der Waals surface area (Å²) >= 11 is 1.22. The van der Waals surface area contributed by atoms with Crippen LogP contribution in [0.25, 0.3) is 5.57 Å². The molecule has 1 amide bonds. The summed E-state index contributed by atoms with van der Waals surface area (Å²) < 4.78 is 13.4. The average Bonchev–Trinajstić information content (AvgIpc) is 3.30. The summed E-state index contributed by atoms with van der Waals surface area (Å²) in [6.45, 7) is 1.82. The number of likely N-dealkylation sites (N-methyl/N-ethyl adjacent to an activating group) is 1. The molecule has 0 atom stereocenters. The number of Topliss-reactive ketones (excluding diaryl/α,β-unsaturated/α-hetero) is 1. The minimum absolute atomic E-state index is 0.0579. The second kappa shape index (κ2) is 9.94. The Kier molecular flexibility index (Phi) is 7.13. The Hall–Kier alpha value is -2.99. The van der Waals surface area contributed by atoms with Crippen molar-refractivity contribution < 1.29 is 24.4 Å². The summed E-state index contributed by atoms with van der Waals surface area (Å²) in [5, 5.41) is 24.6. The normalized spacial score (nSPS) is 22.8. The van der Waals surface area contributed by atoms with Crippen LogP contribution in [-0.2, 0) is 16.0 Å². The fourth-order valence-electron chi connectivity index (χ4n) is 4.61. The quantitative estimate of drug-likeness (QED) is 0.435. The molecule has 0 radical (unpaired) electrons. The van der Waals surface area contributed by atoms with Gasteiger partial charge < -0.3 is 15.7 Å². The molecular weight excluding hydrogens is 471 g/mol. The number of ketones is 1. The maximum absolute atomic E-state index is 13.4. The van der Waals surface area contributed by atoms with Gasteiger partial charge in [0.1, 0.15) is 22.6 Å². The number of carbonyl (C=O) groups is 2. The van der Waals surface area contributed by atoms with Gasteiger partial charge in [0, 0.05) is 19.5 Å². The van der Waals surface area contributed by atoms with Crippen LogP contribution in [0.5, 0.6) is 0 Å². The van der Waals surface area contributed by atoms with E-state index in [4.69, 9.17) is 5.73 Å². The number of quaternary nitrogens is 1. The summed E-state index contributed by atoms with van der Waals surface area (Å²) in [5.74, 6) is -2.03. The van der Waals surface area contributed by atoms with Crippen molar-refractivity contribution in [1.82, 2.24) is 20.4 Å². The van der Waals surface area contributed by atoms with Crippen molar-refractivity contribution in [3.8, 4) is 0 Å². The molecule has 1 aromatic carbocycles. The number of rotatable bonds is 6. The van der Waals surface area contributed by atoms with Crippen LogP contribution in [0.15, 0.2) is 35.9 Å². The van der Waals surface area contributed by atoms with Crippen LogP contribution in [-0.4, -0.2) is 57.7 Å². The van der Waals surface area contributed by atoms with Gasteiger partial charge in [0.2, 0.25) is 17.2 Å². The van der Waals surface area contributed by atoms with Crippen LogP contribution in [0.4, 0.5) is 4.39 Å². The number of nitrogens with one attached hydrogen (secondary N) is 1. The molecule has 0 bridgehead atoms. The molecule has 2 aromatic rings. The second-order valence-electron chi connectivity index (χ2n) is 9.07. The Morgan fingerprint density at radius 1 is 1.37 bits per heavy atom. The van der Waals surface area contributed by atoms with Crippen LogP contribution >= 0.6 is 11.3 Å². The van der Waals surface area contributed by atoms with E-state index in [-0.39, 0.29) is 23.1 Å². The Morgan fingerprint density at radius 3 is 2.74 bits per heavy atom. The molecule has 1 aromatic heterocycles. The summed E-state index contributed by atoms with van der Waals surface area (Å²) in [5.41, 5.74) is 7.27. The van der Waals surface area contributed by atoms with Crippen molar-refractivity contribution in [1.29, 1.82) is 0 Å². The average molecular weight is 502 g/mol. The van der Waals surface area contributed by atoms with E-state index < -0.39 is 23.1 Å². The number of benzene rings is 1. The van der Waals surface area contributed by atoms with Crippen LogP contribution in [0.3, 0.4) is 0 Å². The number of hydrogen-bond acceptors (Lipinski definition) is 8. The monoisotopic (exact) mass is 501 g/mol. The van der Waals surface area contributed by atoms with E-state index in [0.717, 1.165) is 24.0 Å². The highest BCUT2D eigenvalue weighted by Gasteiger charge is 2.43. The predicted molar refractivity (Wildman–Crippen MR) is 129 cm³/mol. The molecule has 1 fully saturated rings. The standard InChI is InChI=1S/C24H29FN6O3S/c1-13-10-15(25)5-4-14(13)11-18-29-30-22(35-18)17-12-28-19(21(33)20(17)32)23(34)31(3)24(27-2)8-6-16(26)7-9-24/h4-5,10,12,16,27,33H,6-9,11,26H2,1-3H3,(H,28,32)/p+1. The van der Waals surface area contributed by atoms with Gasteiger partial charge in [-0.2, -0.15) is 0 Å². The van der Waals surface area contributed by atoms with Gasteiger partial charge in [-0.05, 0) is 62.9 Å². The fraction of sp³-hybridized carbons (Fsp3) is 0.417. The van der Waals surface area contributed by atoms with E-state index in [1.165, 1.54) is 35.0 Å². The van der Waals surface area contributed by atoms with Crippen LogP contribution in [0.1, 0.15) is 46.8 Å². The number of hydrogen-bond donors (Lipinski definition) is 4. The molecule has 9 nitrogen and oxygen atoms in total. The molecule has 0 spiro atoms. The molecule has 186 valence electrons. The van der Waals surface area contributed by atoms with Crippen molar-refractivity contribution in [2.75, 3.05) is 14.1 Å². The molecule has 4 rings (SSSR count). The molecule has 1 aliphatic heterocycles. The topological polar surface area (TPSA) is 138 Å². The second-order valence-corrected chi connectivity index (χ2v) is 10.1. The number of carbonyl (C=O) groups excluding carboxylic acids is 2. The van der Waals surface area contributed by atoms with E-state index in [0.29, 0.717) is 29.3 Å². The molecule has 2 aliphatic rings. The molecule has 0 saturated heterocycles. The third-order valence-corrected chi connectivity index (χ3v) is 7.93. The molecule has 0 unspecified atom stereocenters. The van der Waals surface area contributed by atoms with Crippen molar-refractivity contribution in [3.05, 3.63) is 62.8 Å². The van der Waals surface area contributed by atoms with Crippen LogP contribution < -0.4 is 16.4 Å². The first kappa shape index (κ1) is 25.1. The number of aryl methyl sites for hydroxylation is 1.